The molecule has 0 radical (unpaired) electrons. The van der Waals surface area contributed by atoms with Crippen LogP contribution in [0.4, 0.5) is 0 Å². The lowest BCUT2D eigenvalue weighted by atomic mass is 9.53. The Morgan fingerprint density at radius 2 is 1.56 bits per heavy atom. The third-order valence-electron chi connectivity index (χ3n) is 8.25. The highest BCUT2D eigenvalue weighted by molar-refractivity contribution is 5.20. The molecule has 4 rings (SSSR count). The van der Waals surface area contributed by atoms with Crippen LogP contribution in [0, 0.1) is 17.3 Å². The molecule has 2 nitrogen and oxygen atoms in total. The van der Waals surface area contributed by atoms with Crippen molar-refractivity contribution < 1.29 is 0 Å². The summed E-state index contributed by atoms with van der Waals surface area (Å²) in [5.74, 6) is 2.67. The van der Waals surface area contributed by atoms with E-state index >= 15 is 0 Å². The van der Waals surface area contributed by atoms with E-state index in [2.05, 4.69) is 54.0 Å². The fraction of sp³-hybridized carbons (Fsp3) is 0.760. The lowest BCUT2D eigenvalue weighted by molar-refractivity contribution is -0.0507. The first-order valence-electron chi connectivity index (χ1n) is 11.6. The second-order valence-electron chi connectivity index (χ2n) is 10.1. The van der Waals surface area contributed by atoms with Crippen LogP contribution < -0.4 is 0 Å². The third-order valence-corrected chi connectivity index (χ3v) is 8.25. The molecule has 27 heavy (non-hydrogen) atoms. The van der Waals surface area contributed by atoms with Crippen molar-refractivity contribution in [2.45, 2.75) is 64.7 Å². The topological polar surface area (TPSA) is 6.48 Å². The summed E-state index contributed by atoms with van der Waals surface area (Å²) in [6.45, 7) is 13.1. The maximum Gasteiger partial charge on any atom is 0.00150 e. The molecule has 1 aromatic carbocycles. The molecule has 3 fully saturated rings. The van der Waals surface area contributed by atoms with Crippen molar-refractivity contribution in [1.82, 2.24) is 9.80 Å². The van der Waals surface area contributed by atoms with Gasteiger partial charge in [-0.1, -0.05) is 50.6 Å². The largest absolute Gasteiger partial charge is 0.303 e. The molecule has 2 heterocycles. The highest BCUT2D eigenvalue weighted by Crippen LogP contribution is 2.53. The lowest BCUT2D eigenvalue weighted by Crippen LogP contribution is -2.51. The van der Waals surface area contributed by atoms with Gasteiger partial charge in [0.05, 0.1) is 0 Å². The second kappa shape index (κ2) is 8.66. The van der Waals surface area contributed by atoms with Gasteiger partial charge in [0.1, 0.15) is 0 Å². The molecule has 2 saturated heterocycles. The van der Waals surface area contributed by atoms with Gasteiger partial charge in [-0.25, -0.2) is 0 Å². The van der Waals surface area contributed by atoms with Gasteiger partial charge in [0, 0.05) is 6.54 Å². The van der Waals surface area contributed by atoms with Gasteiger partial charge in [-0.15, -0.1) is 0 Å². The van der Waals surface area contributed by atoms with Crippen LogP contribution in [-0.2, 0) is 0 Å². The minimum absolute atomic E-state index is 0.555. The molecule has 2 heteroatoms. The smallest absolute Gasteiger partial charge is 0.00150 e. The molecular weight excluding hydrogens is 328 g/mol. The summed E-state index contributed by atoms with van der Waals surface area (Å²) in [4.78, 5) is 5.49. The van der Waals surface area contributed by atoms with Gasteiger partial charge in [-0.05, 0) is 100.0 Å². The Balaban J connectivity index is 1.18. The Bertz CT molecular complexity index is 567. The van der Waals surface area contributed by atoms with E-state index in [1.54, 1.807) is 5.56 Å². The monoisotopic (exact) mass is 368 g/mol. The summed E-state index contributed by atoms with van der Waals surface area (Å²) >= 11 is 0. The van der Waals surface area contributed by atoms with Gasteiger partial charge >= 0.3 is 0 Å². The van der Waals surface area contributed by atoms with Crippen LogP contribution in [-0.4, -0.2) is 49.1 Å². The van der Waals surface area contributed by atoms with Crippen molar-refractivity contribution >= 4 is 0 Å². The number of hydrogen-bond acceptors (Lipinski definition) is 2. The van der Waals surface area contributed by atoms with E-state index in [1.807, 2.05) is 0 Å². The molecule has 1 aromatic rings. The predicted octanol–water partition coefficient (Wildman–Crippen LogP) is 5.40. The van der Waals surface area contributed by atoms with E-state index in [4.69, 9.17) is 0 Å². The van der Waals surface area contributed by atoms with Crippen LogP contribution in [0.15, 0.2) is 30.3 Å². The molecule has 1 saturated carbocycles. The van der Waals surface area contributed by atoms with Crippen LogP contribution in [0.5, 0.6) is 0 Å². The van der Waals surface area contributed by atoms with Crippen LogP contribution >= 0.6 is 0 Å². The zero-order chi connectivity index (χ0) is 18.7. The zero-order valence-corrected chi connectivity index (χ0v) is 17.7. The van der Waals surface area contributed by atoms with Gasteiger partial charge in [0.2, 0.25) is 0 Å². The molecule has 2 aliphatic heterocycles. The quantitative estimate of drug-likeness (QED) is 0.663. The number of benzene rings is 1. The molecule has 0 bridgehead atoms. The average Bonchev–Trinajstić information content (AvgIpc) is 2.72. The molecule has 1 aliphatic carbocycles. The summed E-state index contributed by atoms with van der Waals surface area (Å²) in [6, 6.07) is 11.2. The lowest BCUT2D eigenvalue weighted by Gasteiger charge is -2.54. The number of hydrogen-bond donors (Lipinski definition) is 0. The van der Waals surface area contributed by atoms with E-state index in [-0.39, 0.29) is 0 Å². The molecule has 0 spiro atoms. The van der Waals surface area contributed by atoms with Crippen molar-refractivity contribution in [1.29, 1.82) is 0 Å². The Morgan fingerprint density at radius 3 is 2.22 bits per heavy atom. The maximum absolute atomic E-state index is 2.75. The zero-order valence-electron chi connectivity index (χ0n) is 17.7. The molecule has 0 unspecified atom stereocenters. The number of piperidine rings is 2. The first-order valence-corrected chi connectivity index (χ1v) is 11.6. The molecular formula is C25H40N2. The number of likely N-dealkylation sites (tertiary alicyclic amines) is 2. The van der Waals surface area contributed by atoms with Crippen molar-refractivity contribution in [2.75, 3.05) is 39.3 Å². The minimum Gasteiger partial charge on any atom is -0.303 e. The van der Waals surface area contributed by atoms with Crippen LogP contribution in [0.1, 0.15) is 70.3 Å². The summed E-state index contributed by atoms with van der Waals surface area (Å²) in [6.07, 6.45) is 9.88. The fourth-order valence-corrected chi connectivity index (χ4v) is 5.93. The second-order valence-corrected chi connectivity index (χ2v) is 10.1. The van der Waals surface area contributed by atoms with Gasteiger partial charge in [0.25, 0.3) is 0 Å². The van der Waals surface area contributed by atoms with Crippen molar-refractivity contribution in [3.05, 3.63) is 35.9 Å². The van der Waals surface area contributed by atoms with Gasteiger partial charge < -0.3 is 9.80 Å². The van der Waals surface area contributed by atoms with Crippen molar-refractivity contribution in [2.24, 2.45) is 17.3 Å². The summed E-state index contributed by atoms with van der Waals surface area (Å²) in [5.41, 5.74) is 2.11. The normalized spacial score (nSPS) is 30.1. The molecule has 2 atom stereocenters. The van der Waals surface area contributed by atoms with Crippen LogP contribution in [0.3, 0.4) is 0 Å². The third kappa shape index (κ3) is 4.59. The minimum atomic E-state index is 0.555. The van der Waals surface area contributed by atoms with E-state index in [0.717, 1.165) is 17.8 Å². The van der Waals surface area contributed by atoms with Crippen LogP contribution in [0.25, 0.3) is 0 Å². The highest BCUT2D eigenvalue weighted by atomic mass is 15.1. The molecule has 0 aromatic heterocycles. The number of rotatable bonds is 6. The molecule has 0 amide bonds. The van der Waals surface area contributed by atoms with E-state index in [0.29, 0.717) is 5.41 Å². The van der Waals surface area contributed by atoms with E-state index in [1.165, 1.54) is 84.2 Å². The maximum atomic E-state index is 2.75. The molecule has 3 aliphatic rings. The van der Waals surface area contributed by atoms with E-state index < -0.39 is 0 Å². The van der Waals surface area contributed by atoms with Gasteiger partial charge in [-0.2, -0.15) is 0 Å². The summed E-state index contributed by atoms with van der Waals surface area (Å²) in [5, 5.41) is 0. The average molecular weight is 369 g/mol. The fourth-order valence-electron chi connectivity index (χ4n) is 5.93. The first-order chi connectivity index (χ1) is 13.1. The van der Waals surface area contributed by atoms with Crippen LogP contribution in [0.2, 0.25) is 0 Å². The standard InChI is InChI=1S/C25H40N2/c1-25(2)23(19-24(25)20-27-14-7-4-8-15-27)13-18-26-16-11-22(12-17-26)21-9-5-3-6-10-21/h3,5-6,9-10,22-24H,4,7-8,11-20H2,1-2H3/t23-,24-/m0/s1. The predicted molar refractivity (Wildman–Crippen MR) is 115 cm³/mol. The van der Waals surface area contributed by atoms with Gasteiger partial charge in [-0.3, -0.25) is 0 Å². The van der Waals surface area contributed by atoms with Crippen molar-refractivity contribution in [3.8, 4) is 0 Å². The van der Waals surface area contributed by atoms with Gasteiger partial charge in [0.15, 0.2) is 0 Å². The van der Waals surface area contributed by atoms with Crippen molar-refractivity contribution in [3.63, 3.8) is 0 Å². The number of nitrogens with zero attached hydrogens (tertiary/aromatic N) is 2. The SMILES string of the molecule is CC1(C)[C@@H](CCN2CCC(c3ccccc3)CC2)C[C@H]1CN1CCCCC1. The first kappa shape index (κ1) is 19.5. The highest BCUT2D eigenvalue weighted by Gasteiger charge is 2.47. The summed E-state index contributed by atoms with van der Waals surface area (Å²) in [7, 11) is 0. The Labute approximate surface area is 167 Å². The Hall–Kier alpha value is -0.860. The Kier molecular flexibility index (Phi) is 6.24. The Morgan fingerprint density at radius 1 is 0.852 bits per heavy atom. The summed E-state index contributed by atoms with van der Waals surface area (Å²) < 4.78 is 0. The van der Waals surface area contributed by atoms with E-state index in [9.17, 15) is 0 Å². The molecule has 150 valence electrons. The molecule has 0 N–H and O–H groups in total.